The van der Waals surface area contributed by atoms with E-state index in [2.05, 4.69) is 10.6 Å². The standard InChI is InChI=1S/C30H39N3O7/c1-17(2)27(30(36)33-11-13-40-14-12-33)32-23-10-8-20-21(16-24(23)35)22(31-18(3)34)9-7-19-15-25(37-4)28(38-5)29(39-6)26(19)20/h8,10,15-17,22,27H,7,9,11-14H2,1-6H3,(H,31,34)(H,32,35)/t22-,27-/m1/s1. The second-order valence-electron chi connectivity index (χ2n) is 10.4. The number of benzene rings is 1. The molecule has 216 valence electrons. The molecule has 2 atom stereocenters. The molecular weight excluding hydrogens is 514 g/mol. The van der Waals surface area contributed by atoms with Crippen molar-refractivity contribution in [2.45, 2.75) is 45.7 Å². The first kappa shape index (κ1) is 29.2. The summed E-state index contributed by atoms with van der Waals surface area (Å²) in [6.07, 6.45) is 1.17. The maximum atomic E-state index is 13.7. The van der Waals surface area contributed by atoms with Crippen LogP contribution in [0.4, 0.5) is 5.69 Å². The van der Waals surface area contributed by atoms with E-state index in [-0.39, 0.29) is 23.2 Å². The largest absolute Gasteiger partial charge is 0.493 e. The summed E-state index contributed by atoms with van der Waals surface area (Å²) < 4.78 is 22.5. The molecule has 1 aliphatic carbocycles. The van der Waals surface area contributed by atoms with E-state index in [1.165, 1.54) is 6.92 Å². The lowest BCUT2D eigenvalue weighted by atomic mass is 9.95. The third-order valence-electron chi connectivity index (χ3n) is 7.48. The van der Waals surface area contributed by atoms with Gasteiger partial charge >= 0.3 is 0 Å². The Morgan fingerprint density at radius 1 is 1.02 bits per heavy atom. The van der Waals surface area contributed by atoms with Crippen molar-refractivity contribution in [2.75, 3.05) is 52.9 Å². The van der Waals surface area contributed by atoms with Crippen LogP contribution in [0.1, 0.15) is 44.4 Å². The van der Waals surface area contributed by atoms with Gasteiger partial charge in [-0.25, -0.2) is 0 Å². The number of aryl methyl sites for hydroxylation is 1. The summed E-state index contributed by atoms with van der Waals surface area (Å²) in [5.41, 5.74) is 3.14. The zero-order chi connectivity index (χ0) is 29.0. The van der Waals surface area contributed by atoms with Crippen molar-refractivity contribution in [3.8, 4) is 28.4 Å². The molecule has 2 aromatic rings. The number of nitrogens with one attached hydrogen (secondary N) is 2. The van der Waals surface area contributed by atoms with Crippen LogP contribution < -0.4 is 30.3 Å². The monoisotopic (exact) mass is 553 g/mol. The summed E-state index contributed by atoms with van der Waals surface area (Å²) >= 11 is 0. The minimum Gasteiger partial charge on any atom is -0.493 e. The Morgan fingerprint density at radius 3 is 2.33 bits per heavy atom. The fraction of sp³-hybridized carbons (Fsp3) is 0.500. The highest BCUT2D eigenvalue weighted by Gasteiger charge is 2.31. The highest BCUT2D eigenvalue weighted by Crippen LogP contribution is 2.50. The van der Waals surface area contributed by atoms with Gasteiger partial charge in [-0.2, -0.15) is 0 Å². The first-order valence-corrected chi connectivity index (χ1v) is 13.6. The number of ether oxygens (including phenoxy) is 4. The number of fused-ring (bicyclic) bond motifs is 3. The van der Waals surface area contributed by atoms with Crippen LogP contribution in [-0.2, 0) is 20.7 Å². The van der Waals surface area contributed by atoms with Gasteiger partial charge in [-0.05, 0) is 53.6 Å². The van der Waals surface area contributed by atoms with Crippen molar-refractivity contribution in [1.82, 2.24) is 10.2 Å². The van der Waals surface area contributed by atoms with E-state index in [0.29, 0.717) is 67.6 Å². The van der Waals surface area contributed by atoms with Gasteiger partial charge in [-0.15, -0.1) is 0 Å². The van der Waals surface area contributed by atoms with Crippen LogP contribution in [0.15, 0.2) is 29.1 Å². The average Bonchev–Trinajstić information content (AvgIpc) is 3.18. The summed E-state index contributed by atoms with van der Waals surface area (Å²) in [7, 11) is 4.68. The Balaban J connectivity index is 1.88. The zero-order valence-corrected chi connectivity index (χ0v) is 24.1. The lowest BCUT2D eigenvalue weighted by Crippen LogP contribution is -2.50. The van der Waals surface area contributed by atoms with Crippen molar-refractivity contribution >= 4 is 17.5 Å². The van der Waals surface area contributed by atoms with Gasteiger partial charge in [0, 0.05) is 25.6 Å². The van der Waals surface area contributed by atoms with E-state index >= 15 is 0 Å². The molecule has 1 aliphatic heterocycles. The maximum Gasteiger partial charge on any atom is 0.245 e. The van der Waals surface area contributed by atoms with Gasteiger partial charge in [0.25, 0.3) is 0 Å². The number of methoxy groups -OCH3 is 3. The average molecular weight is 554 g/mol. The molecule has 0 radical (unpaired) electrons. The predicted molar refractivity (Wildman–Crippen MR) is 152 cm³/mol. The molecule has 4 rings (SSSR count). The van der Waals surface area contributed by atoms with E-state index in [0.717, 1.165) is 16.7 Å². The molecule has 0 saturated carbocycles. The van der Waals surface area contributed by atoms with Crippen LogP contribution in [0.25, 0.3) is 11.1 Å². The Kier molecular flexibility index (Phi) is 9.19. The molecule has 2 aliphatic rings. The molecule has 10 heteroatoms. The fourth-order valence-electron chi connectivity index (χ4n) is 5.49. The quantitative estimate of drug-likeness (QED) is 0.512. The molecular formula is C30H39N3O7. The summed E-state index contributed by atoms with van der Waals surface area (Å²) in [6.45, 7) is 7.39. The Hall–Kier alpha value is -3.79. The molecule has 0 spiro atoms. The summed E-state index contributed by atoms with van der Waals surface area (Å²) in [5, 5.41) is 6.26. The van der Waals surface area contributed by atoms with Gasteiger partial charge in [0.2, 0.25) is 23.0 Å². The molecule has 1 saturated heterocycles. The van der Waals surface area contributed by atoms with Gasteiger partial charge in [0.15, 0.2) is 11.5 Å². The van der Waals surface area contributed by atoms with E-state index < -0.39 is 12.1 Å². The highest BCUT2D eigenvalue weighted by molar-refractivity contribution is 5.86. The predicted octanol–water partition coefficient (Wildman–Crippen LogP) is 3.16. The van der Waals surface area contributed by atoms with Crippen LogP contribution in [0.2, 0.25) is 0 Å². The lowest BCUT2D eigenvalue weighted by molar-refractivity contribution is -0.137. The van der Waals surface area contributed by atoms with E-state index in [1.54, 1.807) is 38.4 Å². The first-order valence-electron chi connectivity index (χ1n) is 13.6. The van der Waals surface area contributed by atoms with Crippen molar-refractivity contribution in [3.05, 3.63) is 45.6 Å². The molecule has 2 aromatic carbocycles. The number of hydrogen-bond acceptors (Lipinski definition) is 8. The van der Waals surface area contributed by atoms with Crippen molar-refractivity contribution in [1.29, 1.82) is 0 Å². The number of amides is 2. The summed E-state index contributed by atoms with van der Waals surface area (Å²) in [4.78, 5) is 41.1. The van der Waals surface area contributed by atoms with Crippen LogP contribution in [0.3, 0.4) is 0 Å². The number of nitrogens with zero attached hydrogens (tertiary/aromatic N) is 1. The van der Waals surface area contributed by atoms with Crippen LogP contribution in [0, 0.1) is 5.92 Å². The minimum absolute atomic E-state index is 0.0641. The molecule has 0 unspecified atom stereocenters. The molecule has 10 nitrogen and oxygen atoms in total. The molecule has 40 heavy (non-hydrogen) atoms. The van der Waals surface area contributed by atoms with Gasteiger partial charge in [0.05, 0.1) is 46.3 Å². The number of carbonyl (C=O) groups is 2. The van der Waals surface area contributed by atoms with Gasteiger partial charge in [-0.1, -0.05) is 19.9 Å². The zero-order valence-electron chi connectivity index (χ0n) is 24.1. The van der Waals surface area contributed by atoms with Gasteiger partial charge in [-0.3, -0.25) is 14.4 Å². The minimum atomic E-state index is -0.592. The van der Waals surface area contributed by atoms with Crippen molar-refractivity contribution in [3.63, 3.8) is 0 Å². The Labute approximate surface area is 234 Å². The lowest BCUT2D eigenvalue weighted by Gasteiger charge is -2.32. The molecule has 0 bridgehead atoms. The van der Waals surface area contributed by atoms with E-state index in [1.807, 2.05) is 26.0 Å². The summed E-state index contributed by atoms with van der Waals surface area (Å²) in [6, 6.07) is 6.02. The molecule has 0 aromatic heterocycles. The second kappa shape index (κ2) is 12.6. The molecule has 2 N–H and O–H groups in total. The van der Waals surface area contributed by atoms with Gasteiger partial charge < -0.3 is 34.5 Å². The van der Waals surface area contributed by atoms with Crippen LogP contribution in [-0.4, -0.2) is 70.4 Å². The van der Waals surface area contributed by atoms with E-state index in [9.17, 15) is 14.4 Å². The SMILES string of the molecule is COc1cc2c(c(OC)c1OC)-c1ccc(N[C@@H](C(=O)N3CCOCC3)C(C)C)c(=O)cc1[C@H](NC(C)=O)CC2. The third kappa shape index (κ3) is 5.86. The van der Waals surface area contributed by atoms with Crippen molar-refractivity contribution in [2.24, 2.45) is 5.92 Å². The van der Waals surface area contributed by atoms with Gasteiger partial charge in [0.1, 0.15) is 6.04 Å². The van der Waals surface area contributed by atoms with Crippen LogP contribution in [0.5, 0.6) is 17.2 Å². The first-order chi connectivity index (χ1) is 19.2. The summed E-state index contributed by atoms with van der Waals surface area (Å²) in [5.74, 6) is 1.13. The Morgan fingerprint density at radius 2 is 1.73 bits per heavy atom. The van der Waals surface area contributed by atoms with Crippen LogP contribution >= 0.6 is 0 Å². The highest BCUT2D eigenvalue weighted by atomic mass is 16.5. The molecule has 1 fully saturated rings. The third-order valence-corrected chi connectivity index (χ3v) is 7.48. The number of carbonyl (C=O) groups excluding carboxylic acids is 2. The molecule has 2 amide bonds. The number of hydrogen-bond donors (Lipinski definition) is 2. The smallest absolute Gasteiger partial charge is 0.245 e. The number of rotatable bonds is 8. The second-order valence-corrected chi connectivity index (χ2v) is 10.4. The molecule has 1 heterocycles. The topological polar surface area (TPSA) is 115 Å². The maximum absolute atomic E-state index is 13.7. The number of morpholine rings is 1. The number of anilines is 1. The Bertz CT molecular complexity index is 1320. The normalized spacial score (nSPS) is 17.2. The fourth-order valence-corrected chi connectivity index (χ4v) is 5.49. The van der Waals surface area contributed by atoms with Crippen molar-refractivity contribution < 1.29 is 28.5 Å². The van der Waals surface area contributed by atoms with E-state index in [4.69, 9.17) is 18.9 Å².